The first-order valence-corrected chi connectivity index (χ1v) is 9.34. The first-order chi connectivity index (χ1) is 10.0. The Bertz CT molecular complexity index is 688. The summed E-state index contributed by atoms with van der Waals surface area (Å²) in [4.78, 5) is 6.49. The molecule has 0 unspecified atom stereocenters. The average Bonchev–Trinajstić information content (AvgIpc) is 3.08. The summed E-state index contributed by atoms with van der Waals surface area (Å²) in [5.41, 5.74) is 0.955. The largest absolute Gasteiger partial charge is 0.338 e. The highest BCUT2D eigenvalue weighted by Gasteiger charge is 2.24. The lowest BCUT2D eigenvalue weighted by Gasteiger charge is -2.32. The van der Waals surface area contributed by atoms with E-state index in [2.05, 4.69) is 15.0 Å². The van der Waals surface area contributed by atoms with Gasteiger partial charge in [0.2, 0.25) is 21.7 Å². The molecule has 1 saturated heterocycles. The second kappa shape index (κ2) is 5.84. The number of thiophene rings is 1. The summed E-state index contributed by atoms with van der Waals surface area (Å²) in [5, 5.41) is 7.91. The minimum Gasteiger partial charge on any atom is -0.338 e. The normalized spacial score (nSPS) is 18.1. The van der Waals surface area contributed by atoms with Crippen molar-refractivity contribution in [2.45, 2.75) is 6.54 Å². The van der Waals surface area contributed by atoms with Gasteiger partial charge in [0.05, 0.1) is 12.8 Å². The van der Waals surface area contributed by atoms with Crippen LogP contribution < -0.4 is 0 Å². The molecule has 114 valence electrons. The SMILES string of the molecule is CS(=O)(=O)N1CCN(Cc2nc(-c3ccsc3)no2)CC1. The van der Waals surface area contributed by atoms with Crippen LogP contribution in [0.3, 0.4) is 0 Å². The van der Waals surface area contributed by atoms with Gasteiger partial charge in [0.15, 0.2) is 0 Å². The van der Waals surface area contributed by atoms with Crippen LogP contribution >= 0.6 is 11.3 Å². The first kappa shape index (κ1) is 14.6. The van der Waals surface area contributed by atoms with Crippen molar-refractivity contribution in [1.82, 2.24) is 19.3 Å². The zero-order valence-corrected chi connectivity index (χ0v) is 13.2. The van der Waals surface area contributed by atoms with Crippen molar-refractivity contribution in [3.8, 4) is 11.4 Å². The van der Waals surface area contributed by atoms with Crippen molar-refractivity contribution < 1.29 is 12.9 Å². The van der Waals surface area contributed by atoms with Gasteiger partial charge >= 0.3 is 0 Å². The molecule has 0 amide bonds. The van der Waals surface area contributed by atoms with E-state index in [1.165, 1.54) is 10.6 Å². The summed E-state index contributed by atoms with van der Waals surface area (Å²) >= 11 is 1.59. The molecule has 1 aliphatic rings. The maximum Gasteiger partial charge on any atom is 0.241 e. The van der Waals surface area contributed by atoms with Crippen LogP contribution in [0.2, 0.25) is 0 Å². The predicted molar refractivity (Wildman–Crippen MR) is 79.3 cm³/mol. The van der Waals surface area contributed by atoms with Gasteiger partial charge < -0.3 is 4.52 Å². The molecule has 1 fully saturated rings. The molecule has 0 radical (unpaired) electrons. The van der Waals surface area contributed by atoms with Crippen molar-refractivity contribution >= 4 is 21.4 Å². The number of hydrogen-bond donors (Lipinski definition) is 0. The number of aromatic nitrogens is 2. The Labute approximate surface area is 127 Å². The van der Waals surface area contributed by atoms with Crippen LogP contribution in [0.4, 0.5) is 0 Å². The fraction of sp³-hybridized carbons (Fsp3) is 0.500. The van der Waals surface area contributed by atoms with Crippen molar-refractivity contribution in [1.29, 1.82) is 0 Å². The fourth-order valence-electron chi connectivity index (χ4n) is 2.24. The van der Waals surface area contributed by atoms with Crippen LogP contribution in [0.5, 0.6) is 0 Å². The summed E-state index contributed by atoms with van der Waals surface area (Å²) in [6.45, 7) is 2.90. The van der Waals surface area contributed by atoms with Crippen molar-refractivity contribution in [2.75, 3.05) is 32.4 Å². The molecule has 3 rings (SSSR count). The van der Waals surface area contributed by atoms with Gasteiger partial charge in [-0.05, 0) is 11.4 Å². The van der Waals surface area contributed by atoms with E-state index in [1.807, 2.05) is 16.8 Å². The summed E-state index contributed by atoms with van der Waals surface area (Å²) in [5.74, 6) is 1.16. The topological polar surface area (TPSA) is 79.5 Å². The lowest BCUT2D eigenvalue weighted by Crippen LogP contribution is -2.47. The van der Waals surface area contributed by atoms with Gasteiger partial charge in [0, 0.05) is 37.1 Å². The molecule has 0 aromatic carbocycles. The van der Waals surface area contributed by atoms with Crippen LogP contribution in [0.25, 0.3) is 11.4 Å². The molecule has 0 bridgehead atoms. The molecule has 2 aromatic rings. The van der Waals surface area contributed by atoms with E-state index in [0.717, 1.165) is 5.56 Å². The molecule has 3 heterocycles. The summed E-state index contributed by atoms with van der Waals surface area (Å²) < 4.78 is 29.7. The second-order valence-electron chi connectivity index (χ2n) is 4.96. The maximum atomic E-state index is 11.5. The van der Waals surface area contributed by atoms with Crippen LogP contribution in [-0.4, -0.2) is 60.2 Å². The standard InChI is InChI=1S/C12H16N4O3S2/c1-21(17,18)16-5-3-15(4-6-16)8-11-13-12(14-19-11)10-2-7-20-9-10/h2,7,9H,3-6,8H2,1H3. The third-order valence-corrected chi connectivity index (χ3v) is 5.39. The summed E-state index contributed by atoms with van der Waals surface area (Å²) in [7, 11) is -3.09. The minimum atomic E-state index is -3.09. The van der Waals surface area contributed by atoms with E-state index in [4.69, 9.17) is 4.52 Å². The molecule has 9 heteroatoms. The molecule has 0 atom stereocenters. The predicted octanol–water partition coefficient (Wildman–Crippen LogP) is 0.875. The average molecular weight is 328 g/mol. The molecular formula is C12H16N4O3S2. The van der Waals surface area contributed by atoms with Crippen LogP contribution in [-0.2, 0) is 16.6 Å². The van der Waals surface area contributed by atoms with Crippen molar-refractivity contribution in [2.24, 2.45) is 0 Å². The molecule has 0 N–H and O–H groups in total. The van der Waals surface area contributed by atoms with Gasteiger partial charge in [-0.2, -0.15) is 20.6 Å². The molecule has 0 aliphatic carbocycles. The molecule has 2 aromatic heterocycles. The number of nitrogens with zero attached hydrogens (tertiary/aromatic N) is 4. The van der Waals surface area contributed by atoms with Gasteiger partial charge in [-0.25, -0.2) is 8.42 Å². The first-order valence-electron chi connectivity index (χ1n) is 6.55. The lowest BCUT2D eigenvalue weighted by molar-refractivity contribution is 0.164. The van der Waals surface area contributed by atoms with Gasteiger partial charge in [-0.1, -0.05) is 5.16 Å². The smallest absolute Gasteiger partial charge is 0.241 e. The summed E-state index contributed by atoms with van der Waals surface area (Å²) in [6, 6.07) is 1.95. The van der Waals surface area contributed by atoms with Crippen LogP contribution in [0, 0.1) is 0 Å². The maximum absolute atomic E-state index is 11.5. The number of hydrogen-bond acceptors (Lipinski definition) is 7. The number of rotatable bonds is 4. The Hall–Kier alpha value is -1.29. The zero-order valence-electron chi connectivity index (χ0n) is 11.6. The summed E-state index contributed by atoms with van der Waals surface area (Å²) in [6.07, 6.45) is 1.24. The van der Waals surface area contributed by atoms with Gasteiger partial charge in [0.1, 0.15) is 0 Å². The molecule has 0 saturated carbocycles. The van der Waals surface area contributed by atoms with E-state index in [-0.39, 0.29) is 0 Å². The highest BCUT2D eigenvalue weighted by atomic mass is 32.2. The molecule has 1 aliphatic heterocycles. The Kier molecular flexibility index (Phi) is 4.07. The highest BCUT2D eigenvalue weighted by Crippen LogP contribution is 2.19. The van der Waals surface area contributed by atoms with E-state index in [1.54, 1.807) is 11.3 Å². The van der Waals surface area contributed by atoms with Crippen LogP contribution in [0.15, 0.2) is 21.3 Å². The fourth-order valence-corrected chi connectivity index (χ4v) is 3.70. The third-order valence-electron chi connectivity index (χ3n) is 3.41. The Balaban J connectivity index is 1.59. The van der Waals surface area contributed by atoms with E-state index in [9.17, 15) is 8.42 Å². The van der Waals surface area contributed by atoms with Crippen molar-refractivity contribution in [3.63, 3.8) is 0 Å². The number of sulfonamides is 1. The minimum absolute atomic E-state index is 0.504. The quantitative estimate of drug-likeness (QED) is 0.829. The van der Waals surface area contributed by atoms with Gasteiger partial charge in [0.25, 0.3) is 0 Å². The lowest BCUT2D eigenvalue weighted by atomic mass is 10.3. The molecule has 21 heavy (non-hydrogen) atoms. The number of piperazine rings is 1. The Morgan fingerprint density at radius 2 is 2.10 bits per heavy atom. The zero-order chi connectivity index (χ0) is 14.9. The van der Waals surface area contributed by atoms with Crippen molar-refractivity contribution in [3.05, 3.63) is 22.7 Å². The van der Waals surface area contributed by atoms with E-state index in [0.29, 0.717) is 44.4 Å². The van der Waals surface area contributed by atoms with Gasteiger partial charge in [-0.15, -0.1) is 0 Å². The molecule has 7 nitrogen and oxygen atoms in total. The van der Waals surface area contributed by atoms with E-state index < -0.39 is 10.0 Å². The van der Waals surface area contributed by atoms with Crippen LogP contribution in [0.1, 0.15) is 5.89 Å². The highest BCUT2D eigenvalue weighted by molar-refractivity contribution is 7.88. The third kappa shape index (κ3) is 3.49. The Morgan fingerprint density at radius 1 is 1.33 bits per heavy atom. The second-order valence-corrected chi connectivity index (χ2v) is 7.72. The monoisotopic (exact) mass is 328 g/mol. The Morgan fingerprint density at radius 3 is 2.71 bits per heavy atom. The molecular weight excluding hydrogens is 312 g/mol. The van der Waals surface area contributed by atoms with E-state index >= 15 is 0 Å². The van der Waals surface area contributed by atoms with Gasteiger partial charge in [-0.3, -0.25) is 4.90 Å². The molecule has 0 spiro atoms.